The fourth-order valence-electron chi connectivity index (χ4n) is 1.42. The van der Waals surface area contributed by atoms with Gasteiger partial charge < -0.3 is 0 Å². The van der Waals surface area contributed by atoms with Crippen LogP contribution in [-0.2, 0) is 0 Å². The largest absolute Gasteiger partial charge is 0.330 e. The van der Waals surface area contributed by atoms with Crippen LogP contribution in [-0.4, -0.2) is 19.5 Å². The van der Waals surface area contributed by atoms with Crippen molar-refractivity contribution in [2.24, 2.45) is 0 Å². The first-order valence-electron chi connectivity index (χ1n) is 4.57. The Kier molecular flexibility index (Phi) is 2.11. The summed E-state index contributed by atoms with van der Waals surface area (Å²) in [5.74, 6) is 0. The minimum Gasteiger partial charge on any atom is -0.290 e. The topological polar surface area (TPSA) is 80.6 Å². The van der Waals surface area contributed by atoms with E-state index in [4.69, 9.17) is 0 Å². The first kappa shape index (κ1) is 9.57. The summed E-state index contributed by atoms with van der Waals surface area (Å²) in [5, 5.41) is 0. The van der Waals surface area contributed by atoms with Gasteiger partial charge in [0.15, 0.2) is 11.2 Å². The fraction of sp³-hybridized carbons (Fsp3) is 0.333. The van der Waals surface area contributed by atoms with E-state index in [1.54, 1.807) is 13.8 Å². The van der Waals surface area contributed by atoms with Crippen LogP contribution in [0.2, 0.25) is 0 Å². The monoisotopic (exact) mass is 206 g/mol. The minimum atomic E-state index is -0.456. The highest BCUT2D eigenvalue weighted by Gasteiger charge is 2.10. The average molecular weight is 206 g/mol. The number of hydrogen-bond acceptors (Lipinski definition) is 4. The lowest BCUT2D eigenvalue weighted by Crippen LogP contribution is -2.36. The van der Waals surface area contributed by atoms with E-state index in [0.29, 0.717) is 0 Å². The summed E-state index contributed by atoms with van der Waals surface area (Å²) in [5.41, 5.74) is -0.449. The van der Waals surface area contributed by atoms with Crippen molar-refractivity contribution in [2.75, 3.05) is 0 Å². The first-order chi connectivity index (χ1) is 7.11. The molecule has 0 aliphatic heterocycles. The molecule has 0 aromatic carbocycles. The van der Waals surface area contributed by atoms with Crippen LogP contribution in [0.15, 0.2) is 22.0 Å². The van der Waals surface area contributed by atoms with Crippen LogP contribution >= 0.6 is 0 Å². The van der Waals surface area contributed by atoms with Crippen molar-refractivity contribution < 1.29 is 0 Å². The second kappa shape index (κ2) is 3.30. The van der Waals surface area contributed by atoms with Crippen LogP contribution in [0.1, 0.15) is 19.9 Å². The van der Waals surface area contributed by atoms with Gasteiger partial charge in [-0.3, -0.25) is 14.3 Å². The molecule has 0 aliphatic carbocycles. The van der Waals surface area contributed by atoms with E-state index in [1.165, 1.54) is 12.4 Å². The number of rotatable bonds is 1. The molecule has 2 heterocycles. The van der Waals surface area contributed by atoms with Gasteiger partial charge in [0, 0.05) is 18.4 Å². The highest BCUT2D eigenvalue weighted by Crippen LogP contribution is 1.99. The molecule has 0 saturated carbocycles. The molecule has 0 unspecified atom stereocenters. The molecule has 15 heavy (non-hydrogen) atoms. The molecule has 0 fully saturated rings. The van der Waals surface area contributed by atoms with Gasteiger partial charge in [-0.25, -0.2) is 14.8 Å². The van der Waals surface area contributed by atoms with Gasteiger partial charge in [0.1, 0.15) is 0 Å². The van der Waals surface area contributed by atoms with Gasteiger partial charge in [-0.2, -0.15) is 0 Å². The van der Waals surface area contributed by atoms with Crippen molar-refractivity contribution in [1.29, 1.82) is 0 Å². The van der Waals surface area contributed by atoms with Crippen LogP contribution < -0.4 is 11.2 Å². The molecule has 78 valence electrons. The molecule has 0 bridgehead atoms. The first-order valence-corrected chi connectivity index (χ1v) is 4.57. The molecule has 1 N–H and O–H groups in total. The Balaban J connectivity index is 2.97. The summed E-state index contributed by atoms with van der Waals surface area (Å²) in [6, 6.07) is -0.201. The SMILES string of the molecule is CC(C)n1c(=O)[nH]c2nccnc2c1=O. The number of aromatic nitrogens is 4. The van der Waals surface area contributed by atoms with E-state index in [1.807, 2.05) is 0 Å². The van der Waals surface area contributed by atoms with Crippen molar-refractivity contribution in [3.05, 3.63) is 33.2 Å². The maximum Gasteiger partial charge on any atom is 0.330 e. The fourth-order valence-corrected chi connectivity index (χ4v) is 1.42. The highest BCUT2D eigenvalue weighted by atomic mass is 16.2. The summed E-state index contributed by atoms with van der Waals surface area (Å²) in [6.45, 7) is 3.53. The smallest absolute Gasteiger partial charge is 0.290 e. The molecule has 2 aromatic heterocycles. The molecule has 2 rings (SSSR count). The Morgan fingerprint density at radius 3 is 2.60 bits per heavy atom. The maximum absolute atomic E-state index is 11.8. The van der Waals surface area contributed by atoms with Crippen LogP contribution in [0.4, 0.5) is 0 Å². The van der Waals surface area contributed by atoms with Gasteiger partial charge in [0.2, 0.25) is 0 Å². The lowest BCUT2D eigenvalue weighted by Gasteiger charge is -2.07. The number of nitrogens with one attached hydrogen (secondary N) is 1. The van der Waals surface area contributed by atoms with Crippen LogP contribution in [0.25, 0.3) is 11.2 Å². The Hall–Kier alpha value is -1.98. The molecule has 0 spiro atoms. The minimum absolute atomic E-state index is 0.186. The van der Waals surface area contributed by atoms with E-state index < -0.39 is 11.2 Å². The Morgan fingerprint density at radius 2 is 1.93 bits per heavy atom. The summed E-state index contributed by atoms with van der Waals surface area (Å²) >= 11 is 0. The number of H-pyrrole nitrogens is 1. The molecule has 6 heteroatoms. The zero-order chi connectivity index (χ0) is 11.0. The van der Waals surface area contributed by atoms with Crippen LogP contribution in [0.5, 0.6) is 0 Å². The normalized spacial score (nSPS) is 11.1. The Morgan fingerprint density at radius 1 is 1.27 bits per heavy atom. The molecule has 6 nitrogen and oxygen atoms in total. The number of nitrogens with zero attached hydrogens (tertiary/aromatic N) is 3. The number of fused-ring (bicyclic) bond motifs is 1. The molecule has 0 amide bonds. The zero-order valence-corrected chi connectivity index (χ0v) is 8.39. The van der Waals surface area contributed by atoms with E-state index in [9.17, 15) is 9.59 Å². The molecule has 0 radical (unpaired) electrons. The lowest BCUT2D eigenvalue weighted by molar-refractivity contribution is 0.550. The van der Waals surface area contributed by atoms with E-state index in [0.717, 1.165) is 4.57 Å². The predicted octanol–water partition coefficient (Wildman–Crippen LogP) is 0.0607. The van der Waals surface area contributed by atoms with Crippen molar-refractivity contribution in [3.8, 4) is 0 Å². The van der Waals surface area contributed by atoms with Gasteiger partial charge in [-0.15, -0.1) is 0 Å². The van der Waals surface area contributed by atoms with Gasteiger partial charge in [-0.1, -0.05) is 0 Å². The second-order valence-corrected chi connectivity index (χ2v) is 3.45. The lowest BCUT2D eigenvalue weighted by atomic mass is 10.4. The maximum atomic E-state index is 11.8. The van der Waals surface area contributed by atoms with Gasteiger partial charge >= 0.3 is 5.69 Å². The molecule has 2 aromatic rings. The summed E-state index contributed by atoms with van der Waals surface area (Å²) in [6.07, 6.45) is 2.85. The Bertz CT molecular complexity index is 611. The molecular weight excluding hydrogens is 196 g/mol. The van der Waals surface area contributed by atoms with Crippen molar-refractivity contribution in [3.63, 3.8) is 0 Å². The third-order valence-electron chi connectivity index (χ3n) is 2.08. The van der Waals surface area contributed by atoms with Crippen LogP contribution in [0.3, 0.4) is 0 Å². The molecule has 0 saturated heterocycles. The highest BCUT2D eigenvalue weighted by molar-refractivity contribution is 5.66. The summed E-state index contributed by atoms with van der Waals surface area (Å²) in [7, 11) is 0. The van der Waals surface area contributed by atoms with Crippen molar-refractivity contribution in [1.82, 2.24) is 19.5 Å². The average Bonchev–Trinajstić information content (AvgIpc) is 2.17. The van der Waals surface area contributed by atoms with Crippen LogP contribution in [0, 0.1) is 0 Å². The van der Waals surface area contributed by atoms with Crippen molar-refractivity contribution in [2.45, 2.75) is 19.9 Å². The third-order valence-corrected chi connectivity index (χ3v) is 2.08. The van der Waals surface area contributed by atoms with Gasteiger partial charge in [-0.05, 0) is 13.8 Å². The molecule has 0 atom stereocenters. The third kappa shape index (κ3) is 1.43. The summed E-state index contributed by atoms with van der Waals surface area (Å²) < 4.78 is 1.12. The van der Waals surface area contributed by atoms with E-state index in [2.05, 4.69) is 15.0 Å². The zero-order valence-electron chi connectivity index (χ0n) is 8.39. The van der Waals surface area contributed by atoms with Crippen molar-refractivity contribution >= 4 is 11.2 Å². The number of aromatic amines is 1. The summed E-state index contributed by atoms with van der Waals surface area (Å²) in [4.78, 5) is 33.7. The van der Waals surface area contributed by atoms with E-state index >= 15 is 0 Å². The quantitative estimate of drug-likeness (QED) is 0.715. The number of hydrogen-bond donors (Lipinski definition) is 1. The predicted molar refractivity (Wildman–Crippen MR) is 54.8 cm³/mol. The molecular formula is C9H10N4O2. The van der Waals surface area contributed by atoms with Gasteiger partial charge in [0.25, 0.3) is 5.56 Å². The standard InChI is InChI=1S/C9H10N4O2/c1-5(2)13-8(14)6-7(12-9(13)15)11-4-3-10-6/h3-5H,1-2H3,(H,11,12,15). The second-order valence-electron chi connectivity index (χ2n) is 3.45. The van der Waals surface area contributed by atoms with E-state index in [-0.39, 0.29) is 17.2 Å². The molecule has 0 aliphatic rings. The Labute approximate surface area is 84.6 Å². The van der Waals surface area contributed by atoms with Gasteiger partial charge in [0.05, 0.1) is 0 Å².